The van der Waals surface area contributed by atoms with Crippen molar-refractivity contribution in [2.45, 2.75) is 6.18 Å². The summed E-state index contributed by atoms with van der Waals surface area (Å²) in [6.07, 6.45) is -4.44. The van der Waals surface area contributed by atoms with E-state index in [0.717, 1.165) is 24.3 Å². The molecule has 112 valence electrons. The molecule has 0 unspecified atom stereocenters. The van der Waals surface area contributed by atoms with Gasteiger partial charge in [0.05, 0.1) is 22.8 Å². The van der Waals surface area contributed by atoms with Crippen LogP contribution in [0.1, 0.15) is 21.5 Å². The maximum atomic E-state index is 12.5. The molecule has 0 atom stereocenters. The molecule has 1 N–H and O–H groups in total. The van der Waals surface area contributed by atoms with Gasteiger partial charge in [0.2, 0.25) is 0 Å². The van der Waals surface area contributed by atoms with Gasteiger partial charge < -0.3 is 5.32 Å². The summed E-state index contributed by atoms with van der Waals surface area (Å²) in [5.41, 5.74) is -0.462. The van der Waals surface area contributed by atoms with Gasteiger partial charge in [-0.3, -0.25) is 4.79 Å². The molecule has 0 heterocycles. The largest absolute Gasteiger partial charge is 0.416 e. The number of carbonyl (C=O) groups is 1. The van der Waals surface area contributed by atoms with Crippen LogP contribution in [0.3, 0.4) is 0 Å². The van der Waals surface area contributed by atoms with Crippen molar-refractivity contribution >= 4 is 23.2 Å². The second-order valence-corrected chi connectivity index (χ2v) is 4.77. The highest BCUT2D eigenvalue weighted by molar-refractivity contribution is 6.31. The molecule has 22 heavy (non-hydrogen) atoms. The molecule has 7 heteroatoms. The van der Waals surface area contributed by atoms with Gasteiger partial charge in [0.15, 0.2) is 0 Å². The molecule has 0 bridgehead atoms. The van der Waals surface area contributed by atoms with Crippen molar-refractivity contribution in [3.63, 3.8) is 0 Å². The van der Waals surface area contributed by atoms with Crippen molar-refractivity contribution in [3.05, 3.63) is 64.2 Å². The lowest BCUT2D eigenvalue weighted by atomic mass is 10.1. The van der Waals surface area contributed by atoms with Crippen molar-refractivity contribution in [2.75, 3.05) is 5.32 Å². The Hall–Kier alpha value is -2.52. The van der Waals surface area contributed by atoms with Gasteiger partial charge in [0.1, 0.15) is 0 Å². The molecule has 3 nitrogen and oxygen atoms in total. The highest BCUT2D eigenvalue weighted by Gasteiger charge is 2.30. The molecular weight excluding hydrogens is 317 g/mol. The van der Waals surface area contributed by atoms with Crippen LogP contribution in [-0.2, 0) is 6.18 Å². The fourth-order valence-corrected chi connectivity index (χ4v) is 1.91. The van der Waals surface area contributed by atoms with E-state index in [0.29, 0.717) is 0 Å². The average molecular weight is 325 g/mol. The number of alkyl halides is 3. The van der Waals surface area contributed by atoms with Crippen molar-refractivity contribution < 1.29 is 18.0 Å². The highest BCUT2D eigenvalue weighted by Crippen LogP contribution is 2.30. The summed E-state index contributed by atoms with van der Waals surface area (Å²) in [4.78, 5) is 12.1. The van der Waals surface area contributed by atoms with Crippen LogP contribution in [0.4, 0.5) is 18.9 Å². The van der Waals surface area contributed by atoms with E-state index in [1.54, 1.807) is 0 Å². The third-order valence-electron chi connectivity index (χ3n) is 2.82. The third-order valence-corrected chi connectivity index (χ3v) is 3.05. The number of carbonyl (C=O) groups excluding carboxylic acids is 1. The predicted octanol–water partition coefficient (Wildman–Crippen LogP) is 4.48. The second kappa shape index (κ2) is 6.08. The number of anilines is 1. The van der Waals surface area contributed by atoms with Crippen LogP contribution in [0.2, 0.25) is 5.02 Å². The fourth-order valence-electron chi connectivity index (χ4n) is 1.74. The zero-order valence-electron chi connectivity index (χ0n) is 10.9. The normalized spacial score (nSPS) is 10.9. The van der Waals surface area contributed by atoms with Crippen LogP contribution in [0.15, 0.2) is 42.5 Å². The topological polar surface area (TPSA) is 52.9 Å². The highest BCUT2D eigenvalue weighted by atomic mass is 35.5. The number of hydrogen-bond acceptors (Lipinski definition) is 2. The summed E-state index contributed by atoms with van der Waals surface area (Å²) in [6, 6.07) is 10.0. The van der Waals surface area contributed by atoms with E-state index in [9.17, 15) is 18.0 Å². The number of nitrogens with one attached hydrogen (secondary N) is 1. The molecule has 0 spiro atoms. The molecule has 2 aromatic rings. The van der Waals surface area contributed by atoms with Crippen molar-refractivity contribution in [1.82, 2.24) is 0 Å². The molecule has 0 fully saturated rings. The molecule has 0 saturated carbocycles. The Kier molecular flexibility index (Phi) is 4.38. The van der Waals surface area contributed by atoms with Gasteiger partial charge >= 0.3 is 6.18 Å². The van der Waals surface area contributed by atoms with Crippen LogP contribution < -0.4 is 5.32 Å². The summed E-state index contributed by atoms with van der Waals surface area (Å²) >= 11 is 5.78. The monoisotopic (exact) mass is 324 g/mol. The van der Waals surface area contributed by atoms with Gasteiger partial charge in [-0.15, -0.1) is 0 Å². The summed E-state index contributed by atoms with van der Waals surface area (Å²) in [7, 11) is 0. The lowest BCUT2D eigenvalue weighted by Gasteiger charge is -2.09. The molecule has 0 aliphatic heterocycles. The summed E-state index contributed by atoms with van der Waals surface area (Å²) in [5, 5.41) is 11.6. The smallest absolute Gasteiger partial charge is 0.322 e. The first-order valence-electron chi connectivity index (χ1n) is 5.99. The number of amides is 1. The Balaban J connectivity index is 2.23. The zero-order valence-corrected chi connectivity index (χ0v) is 11.7. The van der Waals surface area contributed by atoms with Crippen LogP contribution >= 0.6 is 11.6 Å². The lowest BCUT2D eigenvalue weighted by molar-refractivity contribution is -0.137. The second-order valence-electron chi connectivity index (χ2n) is 4.33. The first-order chi connectivity index (χ1) is 10.3. The van der Waals surface area contributed by atoms with E-state index >= 15 is 0 Å². The number of benzene rings is 2. The molecule has 0 saturated heterocycles. The molecule has 0 aliphatic rings. The summed E-state index contributed by atoms with van der Waals surface area (Å²) < 4.78 is 37.4. The maximum Gasteiger partial charge on any atom is 0.416 e. The van der Waals surface area contributed by atoms with E-state index in [-0.39, 0.29) is 21.8 Å². The van der Waals surface area contributed by atoms with E-state index in [1.807, 2.05) is 6.07 Å². The first-order valence-corrected chi connectivity index (χ1v) is 6.37. The Labute approximate surface area is 128 Å². The van der Waals surface area contributed by atoms with Crippen LogP contribution in [0.5, 0.6) is 0 Å². The maximum absolute atomic E-state index is 12.5. The third kappa shape index (κ3) is 3.57. The molecule has 0 aromatic heterocycles. The van der Waals surface area contributed by atoms with Crippen molar-refractivity contribution in [3.8, 4) is 6.07 Å². The standard InChI is InChI=1S/C15H8ClF3N2O/c16-11-4-1-9(8-20)13(7-11)14(22)21-12-5-2-10(3-6-12)15(17,18)19/h1-7H,(H,21,22). The fraction of sp³-hybridized carbons (Fsp3) is 0.0667. The van der Waals surface area contributed by atoms with Gasteiger partial charge in [-0.05, 0) is 42.5 Å². The van der Waals surface area contributed by atoms with Crippen LogP contribution in [0.25, 0.3) is 0 Å². The van der Waals surface area contributed by atoms with E-state index in [1.165, 1.54) is 18.2 Å². The Morgan fingerprint density at radius 1 is 1.14 bits per heavy atom. The van der Waals surface area contributed by atoms with Gasteiger partial charge in [-0.25, -0.2) is 0 Å². The number of rotatable bonds is 2. The molecule has 0 radical (unpaired) electrons. The molecule has 1 amide bonds. The van der Waals surface area contributed by atoms with Gasteiger partial charge in [-0.2, -0.15) is 18.4 Å². The van der Waals surface area contributed by atoms with Crippen LogP contribution in [0, 0.1) is 11.3 Å². The minimum atomic E-state index is -4.44. The van der Waals surface area contributed by atoms with Crippen molar-refractivity contribution in [2.24, 2.45) is 0 Å². The Morgan fingerprint density at radius 3 is 2.32 bits per heavy atom. The van der Waals surface area contributed by atoms with Gasteiger partial charge in [0.25, 0.3) is 5.91 Å². The first kappa shape index (κ1) is 15.9. The van der Waals surface area contributed by atoms with Crippen molar-refractivity contribution in [1.29, 1.82) is 5.26 Å². The quantitative estimate of drug-likeness (QED) is 0.885. The van der Waals surface area contributed by atoms with Gasteiger partial charge in [-0.1, -0.05) is 11.6 Å². The number of nitrogens with zero attached hydrogens (tertiary/aromatic N) is 1. The molecular formula is C15H8ClF3N2O. The lowest BCUT2D eigenvalue weighted by Crippen LogP contribution is -2.14. The van der Waals surface area contributed by atoms with E-state index < -0.39 is 17.6 Å². The summed E-state index contributed by atoms with van der Waals surface area (Å²) in [5.74, 6) is -0.626. The molecule has 0 aliphatic carbocycles. The van der Waals surface area contributed by atoms with Gasteiger partial charge in [0, 0.05) is 10.7 Å². The van der Waals surface area contributed by atoms with E-state index in [4.69, 9.17) is 16.9 Å². The minimum absolute atomic E-state index is 0.0508. The Bertz CT molecular complexity index is 749. The number of nitriles is 1. The SMILES string of the molecule is N#Cc1ccc(Cl)cc1C(=O)Nc1ccc(C(F)(F)F)cc1. The zero-order chi connectivity index (χ0) is 16.3. The molecule has 2 aromatic carbocycles. The molecule has 2 rings (SSSR count). The van der Waals surface area contributed by atoms with Crippen LogP contribution in [-0.4, -0.2) is 5.91 Å². The summed E-state index contributed by atoms with van der Waals surface area (Å²) in [6.45, 7) is 0. The number of halogens is 4. The Morgan fingerprint density at radius 2 is 1.77 bits per heavy atom. The minimum Gasteiger partial charge on any atom is -0.322 e. The van der Waals surface area contributed by atoms with E-state index in [2.05, 4.69) is 5.32 Å². The number of hydrogen-bond donors (Lipinski definition) is 1. The predicted molar refractivity (Wildman–Crippen MR) is 75.6 cm³/mol. The average Bonchev–Trinajstić information content (AvgIpc) is 2.46.